The second-order valence-electron chi connectivity index (χ2n) is 6.29. The Hall–Kier alpha value is -3.34. The summed E-state index contributed by atoms with van der Waals surface area (Å²) in [4.78, 5) is 17.4. The Kier molecular flexibility index (Phi) is 4.28. The Bertz CT molecular complexity index is 1060. The van der Waals surface area contributed by atoms with Gasteiger partial charge >= 0.3 is 0 Å². The zero-order valence-corrected chi connectivity index (χ0v) is 14.5. The van der Waals surface area contributed by atoms with E-state index >= 15 is 0 Å². The van der Waals surface area contributed by atoms with E-state index in [0.29, 0.717) is 0 Å². The van der Waals surface area contributed by atoms with Crippen molar-refractivity contribution >= 4 is 35.9 Å². The Morgan fingerprint density at radius 3 is 2.38 bits per heavy atom. The number of benzene rings is 3. The number of nitrogens with zero attached hydrogens (tertiary/aromatic N) is 2. The minimum Gasteiger partial charge on any atom is -0.325 e. The molecule has 5 heteroatoms. The van der Waals surface area contributed by atoms with Gasteiger partial charge in [-0.2, -0.15) is 0 Å². The highest BCUT2D eigenvalue weighted by Crippen LogP contribution is 2.24. The highest BCUT2D eigenvalue weighted by atomic mass is 16.1. The first-order valence-corrected chi connectivity index (χ1v) is 8.58. The molecule has 0 aliphatic heterocycles. The molecule has 0 spiro atoms. The maximum atomic E-state index is 12.6. The lowest BCUT2D eigenvalue weighted by Gasteiger charge is -2.10. The molecule has 0 aliphatic carbocycles. The van der Waals surface area contributed by atoms with E-state index in [-0.39, 0.29) is 12.5 Å². The van der Waals surface area contributed by atoms with E-state index in [0.717, 1.165) is 33.6 Å². The molecule has 0 atom stereocenters. The number of rotatable bonds is 4. The topological polar surface area (TPSA) is 46.9 Å². The Morgan fingerprint density at radius 2 is 1.62 bits per heavy atom. The third-order valence-electron chi connectivity index (χ3n) is 4.32. The normalized spacial score (nSPS) is 10.8. The Balaban J connectivity index is 1.68. The number of fused-ring (bicyclic) bond motifs is 1. The van der Waals surface area contributed by atoms with Gasteiger partial charge in [0.1, 0.15) is 20.2 Å². The van der Waals surface area contributed by atoms with Crippen molar-refractivity contribution in [1.82, 2.24) is 9.55 Å². The minimum absolute atomic E-state index is 0.0748. The quantitative estimate of drug-likeness (QED) is 0.581. The molecule has 3 aromatic carbocycles. The van der Waals surface area contributed by atoms with Crippen molar-refractivity contribution in [2.45, 2.75) is 6.54 Å². The fraction of sp³-hybridized carbons (Fsp3) is 0.0476. The van der Waals surface area contributed by atoms with E-state index in [4.69, 9.17) is 4.98 Å². The molecule has 1 heterocycles. The van der Waals surface area contributed by atoms with E-state index in [1.165, 1.54) is 0 Å². The van der Waals surface area contributed by atoms with E-state index in [9.17, 15) is 4.79 Å². The molecule has 0 fully saturated rings. The first-order valence-electron chi connectivity index (χ1n) is 8.58. The molecule has 0 radical (unpaired) electrons. The molecule has 4 nitrogen and oxygen atoms in total. The fourth-order valence-electron chi connectivity index (χ4n) is 3.02. The minimum atomic E-state index is -0.0748. The smallest absolute Gasteiger partial charge is 0.244 e. The standard InChI is InChI=1S/C21H18BN3O/c22-16-10-12-17(13-11-16)23-20(26)14-25-19-9-5-4-8-18(19)24-21(25)15-6-2-1-3-7-15/h1-13H,14,22H2,(H,23,26). The van der Waals surface area contributed by atoms with Crippen LogP contribution >= 0.6 is 0 Å². The van der Waals surface area contributed by atoms with Crippen molar-refractivity contribution in [3.8, 4) is 11.4 Å². The summed E-state index contributed by atoms with van der Waals surface area (Å²) >= 11 is 0. The van der Waals surface area contributed by atoms with Gasteiger partial charge < -0.3 is 9.88 Å². The predicted molar refractivity (Wildman–Crippen MR) is 108 cm³/mol. The van der Waals surface area contributed by atoms with Crippen LogP contribution in [0.1, 0.15) is 0 Å². The lowest BCUT2D eigenvalue weighted by Crippen LogP contribution is -2.19. The van der Waals surface area contributed by atoms with E-state index in [2.05, 4.69) is 5.32 Å². The summed E-state index contributed by atoms with van der Waals surface area (Å²) in [5, 5.41) is 2.96. The molecule has 26 heavy (non-hydrogen) atoms. The van der Waals surface area contributed by atoms with Crippen LogP contribution in [0.4, 0.5) is 5.69 Å². The highest BCUT2D eigenvalue weighted by molar-refractivity contribution is 6.32. The van der Waals surface area contributed by atoms with Gasteiger partial charge in [-0.05, 0) is 24.3 Å². The van der Waals surface area contributed by atoms with Gasteiger partial charge in [-0.15, -0.1) is 0 Å². The van der Waals surface area contributed by atoms with Gasteiger partial charge in [0.15, 0.2) is 0 Å². The number of para-hydroxylation sites is 2. The molecule has 0 bridgehead atoms. The number of amides is 1. The van der Waals surface area contributed by atoms with Crippen molar-refractivity contribution in [2.75, 3.05) is 5.32 Å². The molecule has 0 saturated heterocycles. The van der Waals surface area contributed by atoms with Crippen LogP contribution in [0.25, 0.3) is 22.4 Å². The fourth-order valence-corrected chi connectivity index (χ4v) is 3.02. The van der Waals surface area contributed by atoms with Crippen molar-refractivity contribution in [2.24, 2.45) is 0 Å². The monoisotopic (exact) mass is 339 g/mol. The predicted octanol–water partition coefficient (Wildman–Crippen LogP) is 2.60. The summed E-state index contributed by atoms with van der Waals surface area (Å²) in [5.74, 6) is 0.722. The molecule has 4 rings (SSSR count). The van der Waals surface area contributed by atoms with Crippen LogP contribution in [-0.4, -0.2) is 23.3 Å². The number of nitrogens with one attached hydrogen (secondary N) is 1. The number of imidazole rings is 1. The summed E-state index contributed by atoms with van der Waals surface area (Å²) in [6.07, 6.45) is 0. The number of hydrogen-bond acceptors (Lipinski definition) is 2. The van der Waals surface area contributed by atoms with Gasteiger partial charge in [0.05, 0.1) is 11.0 Å². The zero-order chi connectivity index (χ0) is 17.9. The van der Waals surface area contributed by atoms with Crippen molar-refractivity contribution in [1.29, 1.82) is 0 Å². The second-order valence-corrected chi connectivity index (χ2v) is 6.29. The van der Waals surface area contributed by atoms with Crippen LogP contribution < -0.4 is 10.8 Å². The third-order valence-corrected chi connectivity index (χ3v) is 4.32. The van der Waals surface area contributed by atoms with Crippen LogP contribution in [0.2, 0.25) is 0 Å². The van der Waals surface area contributed by atoms with E-state index in [1.54, 1.807) is 0 Å². The van der Waals surface area contributed by atoms with E-state index < -0.39 is 0 Å². The van der Waals surface area contributed by atoms with Gasteiger partial charge in [-0.3, -0.25) is 4.79 Å². The Morgan fingerprint density at radius 1 is 0.923 bits per heavy atom. The zero-order valence-electron chi connectivity index (χ0n) is 14.5. The lowest BCUT2D eigenvalue weighted by atomic mass is 9.96. The van der Waals surface area contributed by atoms with Crippen LogP contribution in [0.15, 0.2) is 78.9 Å². The average molecular weight is 339 g/mol. The summed E-state index contributed by atoms with van der Waals surface area (Å²) < 4.78 is 1.97. The van der Waals surface area contributed by atoms with Crippen LogP contribution in [-0.2, 0) is 11.3 Å². The summed E-state index contributed by atoms with van der Waals surface area (Å²) in [5.41, 5.74) is 4.79. The van der Waals surface area contributed by atoms with Crippen molar-refractivity contribution in [3.63, 3.8) is 0 Å². The molecule has 1 N–H and O–H groups in total. The highest BCUT2D eigenvalue weighted by Gasteiger charge is 2.15. The van der Waals surface area contributed by atoms with E-state index in [1.807, 2.05) is 91.3 Å². The van der Waals surface area contributed by atoms with Gasteiger partial charge in [0.2, 0.25) is 5.91 Å². The lowest BCUT2D eigenvalue weighted by molar-refractivity contribution is -0.116. The van der Waals surface area contributed by atoms with Crippen LogP contribution in [0.5, 0.6) is 0 Å². The number of carbonyl (C=O) groups excluding carboxylic acids is 1. The molecular weight excluding hydrogens is 321 g/mol. The molecule has 0 unspecified atom stereocenters. The molecule has 4 aromatic rings. The molecule has 0 saturated carbocycles. The first-order chi connectivity index (χ1) is 12.7. The summed E-state index contributed by atoms with van der Waals surface area (Å²) in [6.45, 7) is 0.207. The number of carbonyl (C=O) groups is 1. The molecule has 0 aliphatic rings. The van der Waals surface area contributed by atoms with Crippen molar-refractivity contribution < 1.29 is 4.79 Å². The number of anilines is 1. The maximum Gasteiger partial charge on any atom is 0.244 e. The first kappa shape index (κ1) is 16.2. The summed E-state index contributed by atoms with van der Waals surface area (Å²) in [7, 11) is 2.02. The number of hydrogen-bond donors (Lipinski definition) is 1. The van der Waals surface area contributed by atoms with Crippen LogP contribution in [0, 0.1) is 0 Å². The second kappa shape index (κ2) is 6.88. The number of aromatic nitrogens is 2. The maximum absolute atomic E-state index is 12.6. The Labute approximate surface area is 152 Å². The van der Waals surface area contributed by atoms with Gasteiger partial charge in [-0.1, -0.05) is 60.1 Å². The molecule has 1 aromatic heterocycles. The van der Waals surface area contributed by atoms with Gasteiger partial charge in [0.25, 0.3) is 0 Å². The van der Waals surface area contributed by atoms with Gasteiger partial charge in [-0.25, -0.2) is 4.98 Å². The molecule has 126 valence electrons. The third kappa shape index (κ3) is 3.24. The summed E-state index contributed by atoms with van der Waals surface area (Å²) in [6, 6.07) is 25.6. The largest absolute Gasteiger partial charge is 0.325 e. The molecular formula is C21H18BN3O. The van der Waals surface area contributed by atoms with Gasteiger partial charge in [0, 0.05) is 11.3 Å². The van der Waals surface area contributed by atoms with Crippen LogP contribution in [0.3, 0.4) is 0 Å². The SMILES string of the molecule is Bc1ccc(NC(=O)Cn2c(-c3ccccc3)nc3ccccc32)cc1. The van der Waals surface area contributed by atoms with Crippen molar-refractivity contribution in [3.05, 3.63) is 78.9 Å². The average Bonchev–Trinajstić information content (AvgIpc) is 3.03. The molecule has 1 amide bonds.